The zero-order valence-corrected chi connectivity index (χ0v) is 18.9. The van der Waals surface area contributed by atoms with Gasteiger partial charge in [-0.25, -0.2) is 8.42 Å². The minimum atomic E-state index is -3.28. The maximum Gasteiger partial charge on any atom is 0.178 e. The van der Waals surface area contributed by atoms with Crippen molar-refractivity contribution in [2.24, 2.45) is 0 Å². The van der Waals surface area contributed by atoms with E-state index in [-0.39, 0.29) is 5.75 Å². The normalized spacial score (nSPS) is 16.8. The molecule has 0 bridgehead atoms. The van der Waals surface area contributed by atoms with Crippen LogP contribution in [0.25, 0.3) is 0 Å². The molecule has 4 rings (SSSR count). The van der Waals surface area contributed by atoms with Crippen LogP contribution in [0.4, 0.5) is 0 Å². The molecule has 5 nitrogen and oxygen atoms in total. The molecule has 0 saturated heterocycles. The summed E-state index contributed by atoms with van der Waals surface area (Å²) in [5, 5.41) is 10.7. The van der Waals surface area contributed by atoms with Crippen molar-refractivity contribution in [3.05, 3.63) is 95.6 Å². The molecule has 168 valence electrons. The maximum absolute atomic E-state index is 12.5. The summed E-state index contributed by atoms with van der Waals surface area (Å²) in [6.45, 7) is 2.42. The van der Waals surface area contributed by atoms with E-state index in [1.54, 1.807) is 24.3 Å². The van der Waals surface area contributed by atoms with E-state index in [4.69, 9.17) is 4.74 Å². The fourth-order valence-electron chi connectivity index (χ4n) is 4.09. The highest BCUT2D eigenvalue weighted by molar-refractivity contribution is 7.91. The first kappa shape index (κ1) is 22.5. The molecule has 3 aromatic carbocycles. The first-order chi connectivity index (χ1) is 15.5. The fraction of sp³-hybridized carbons (Fsp3) is 0.308. The smallest absolute Gasteiger partial charge is 0.178 e. The number of hydrogen-bond acceptors (Lipinski definition) is 5. The van der Waals surface area contributed by atoms with Gasteiger partial charge in [-0.15, -0.1) is 0 Å². The molecule has 3 aromatic rings. The molecule has 1 atom stereocenters. The third kappa shape index (κ3) is 5.76. The molecule has 1 aliphatic rings. The largest absolute Gasteiger partial charge is 0.489 e. The predicted molar refractivity (Wildman–Crippen MR) is 125 cm³/mol. The Morgan fingerprint density at radius 1 is 0.969 bits per heavy atom. The molecule has 6 heteroatoms. The molecule has 0 aliphatic carbocycles. The average molecular weight is 452 g/mol. The maximum atomic E-state index is 12.5. The van der Waals surface area contributed by atoms with E-state index in [9.17, 15) is 13.5 Å². The van der Waals surface area contributed by atoms with Crippen molar-refractivity contribution in [3.8, 4) is 5.75 Å². The van der Waals surface area contributed by atoms with Crippen LogP contribution < -0.4 is 4.74 Å². The Morgan fingerprint density at radius 3 is 2.44 bits per heavy atom. The number of sulfone groups is 1. The third-order valence-electron chi connectivity index (χ3n) is 5.84. The first-order valence-corrected chi connectivity index (χ1v) is 12.6. The minimum absolute atomic E-state index is 0.105. The second kappa shape index (κ2) is 10.3. The summed E-state index contributed by atoms with van der Waals surface area (Å²) in [6, 6.07) is 24.5. The highest BCUT2D eigenvalue weighted by Gasteiger charge is 2.22. The Hall–Kier alpha value is -2.67. The highest BCUT2D eigenvalue weighted by Crippen LogP contribution is 2.28. The lowest BCUT2D eigenvalue weighted by atomic mass is 10.0. The quantitative estimate of drug-likeness (QED) is 0.560. The van der Waals surface area contributed by atoms with Gasteiger partial charge >= 0.3 is 0 Å². The van der Waals surface area contributed by atoms with E-state index in [1.165, 1.54) is 0 Å². The predicted octanol–water partition coefficient (Wildman–Crippen LogP) is 4.02. The van der Waals surface area contributed by atoms with E-state index in [1.807, 2.05) is 54.6 Å². The van der Waals surface area contributed by atoms with E-state index in [0.29, 0.717) is 31.0 Å². The molecule has 0 aromatic heterocycles. The number of fused-ring (bicyclic) bond motifs is 1. The molecule has 1 aliphatic heterocycles. The molecule has 32 heavy (non-hydrogen) atoms. The summed E-state index contributed by atoms with van der Waals surface area (Å²) in [5.41, 5.74) is 3.12. The van der Waals surface area contributed by atoms with Gasteiger partial charge in [0.15, 0.2) is 9.84 Å². The average Bonchev–Trinajstić information content (AvgIpc) is 2.97. The first-order valence-electron chi connectivity index (χ1n) is 11.0. The van der Waals surface area contributed by atoms with Crippen LogP contribution in [0, 0.1) is 0 Å². The molecule has 1 heterocycles. The van der Waals surface area contributed by atoms with Crippen molar-refractivity contribution in [1.82, 2.24) is 4.90 Å². The lowest BCUT2D eigenvalue weighted by molar-refractivity contribution is 0.120. The standard InChI is InChI=1S/C26H29NO4S/c28-26-19-27(15-7-17-32(29,30)24-10-5-2-6-11-24)16-14-22-18-23(12-13-25(22)26)31-20-21-8-3-1-4-9-21/h1-6,8-13,18,26,28H,7,14-17,19-20H2. The second-order valence-corrected chi connectivity index (χ2v) is 10.3. The number of hydrogen-bond donors (Lipinski definition) is 1. The van der Waals surface area contributed by atoms with Crippen molar-refractivity contribution in [1.29, 1.82) is 0 Å². The number of nitrogens with zero attached hydrogens (tertiary/aromatic N) is 1. The van der Waals surface area contributed by atoms with Gasteiger partial charge in [-0.2, -0.15) is 0 Å². The van der Waals surface area contributed by atoms with E-state index in [2.05, 4.69) is 4.90 Å². The van der Waals surface area contributed by atoms with Crippen LogP contribution >= 0.6 is 0 Å². The summed E-state index contributed by atoms with van der Waals surface area (Å²) < 4.78 is 31.0. The van der Waals surface area contributed by atoms with Gasteiger partial charge in [0.05, 0.1) is 16.8 Å². The van der Waals surface area contributed by atoms with Gasteiger partial charge in [-0.3, -0.25) is 0 Å². The zero-order chi connectivity index (χ0) is 22.4. The van der Waals surface area contributed by atoms with Crippen molar-refractivity contribution in [3.63, 3.8) is 0 Å². The Labute approximate surface area is 190 Å². The summed E-state index contributed by atoms with van der Waals surface area (Å²) in [4.78, 5) is 2.52. The lowest BCUT2D eigenvalue weighted by Crippen LogP contribution is -2.30. The Balaban J connectivity index is 1.33. The van der Waals surface area contributed by atoms with E-state index < -0.39 is 15.9 Å². The van der Waals surface area contributed by atoms with Crippen molar-refractivity contribution in [2.45, 2.75) is 30.4 Å². The second-order valence-electron chi connectivity index (χ2n) is 8.19. The van der Waals surface area contributed by atoms with Crippen molar-refractivity contribution >= 4 is 9.84 Å². The van der Waals surface area contributed by atoms with Crippen molar-refractivity contribution in [2.75, 3.05) is 25.4 Å². The summed E-state index contributed by atoms with van der Waals surface area (Å²) >= 11 is 0. The Morgan fingerprint density at radius 2 is 1.69 bits per heavy atom. The number of aliphatic hydroxyl groups is 1. The molecule has 1 unspecified atom stereocenters. The molecule has 0 radical (unpaired) electrons. The highest BCUT2D eigenvalue weighted by atomic mass is 32.2. The molecule has 0 fully saturated rings. The third-order valence-corrected chi connectivity index (χ3v) is 7.66. The zero-order valence-electron chi connectivity index (χ0n) is 18.1. The number of ether oxygens (including phenoxy) is 1. The Bertz CT molecular complexity index is 1120. The molecule has 1 N–H and O–H groups in total. The van der Waals surface area contributed by atoms with Gasteiger partial charge in [0, 0.05) is 13.1 Å². The Kier molecular flexibility index (Phi) is 7.25. The van der Waals surface area contributed by atoms with Crippen LogP contribution in [0.5, 0.6) is 5.75 Å². The number of β-amino-alcohol motifs (C(OH)–C–C–N with tert-alkyl or cyclic N) is 1. The van der Waals surface area contributed by atoms with Gasteiger partial charge in [0.2, 0.25) is 0 Å². The summed E-state index contributed by atoms with van der Waals surface area (Å²) in [5.74, 6) is 0.899. The number of rotatable bonds is 8. The van der Waals surface area contributed by atoms with Gasteiger partial charge in [0.25, 0.3) is 0 Å². The van der Waals surface area contributed by atoms with Crippen LogP contribution in [0.3, 0.4) is 0 Å². The van der Waals surface area contributed by atoms with Crippen LogP contribution in [-0.4, -0.2) is 43.8 Å². The van der Waals surface area contributed by atoms with Gasteiger partial charge in [-0.1, -0.05) is 54.6 Å². The van der Waals surface area contributed by atoms with E-state index >= 15 is 0 Å². The summed E-state index contributed by atoms with van der Waals surface area (Å²) in [7, 11) is -3.28. The number of aliphatic hydroxyl groups excluding tert-OH is 1. The molecule has 0 spiro atoms. The minimum Gasteiger partial charge on any atom is -0.489 e. The SMILES string of the molecule is O=S(=O)(CCCN1CCc2cc(OCc3ccccc3)ccc2C(O)C1)c1ccccc1. The lowest BCUT2D eigenvalue weighted by Gasteiger charge is -2.22. The summed E-state index contributed by atoms with van der Waals surface area (Å²) in [6.07, 6.45) is 0.730. The molecule has 0 amide bonds. The van der Waals surface area contributed by atoms with Crippen LogP contribution in [0.2, 0.25) is 0 Å². The topological polar surface area (TPSA) is 66.8 Å². The van der Waals surface area contributed by atoms with Crippen molar-refractivity contribution < 1.29 is 18.3 Å². The van der Waals surface area contributed by atoms with Gasteiger partial charge < -0.3 is 14.7 Å². The van der Waals surface area contributed by atoms with Gasteiger partial charge in [0.1, 0.15) is 12.4 Å². The van der Waals surface area contributed by atoms with Crippen LogP contribution in [0.15, 0.2) is 83.8 Å². The molecular formula is C26H29NO4S. The van der Waals surface area contributed by atoms with Crippen LogP contribution in [0.1, 0.15) is 29.2 Å². The molecular weight excluding hydrogens is 422 g/mol. The van der Waals surface area contributed by atoms with Crippen LogP contribution in [-0.2, 0) is 22.9 Å². The molecule has 0 saturated carbocycles. The van der Waals surface area contributed by atoms with Gasteiger partial charge in [-0.05, 0) is 60.3 Å². The fourth-order valence-corrected chi connectivity index (χ4v) is 5.41. The number of benzene rings is 3. The monoisotopic (exact) mass is 451 g/mol. The van der Waals surface area contributed by atoms with E-state index in [0.717, 1.165) is 35.4 Å².